The number of nitrogens with zero attached hydrogens (tertiary/aromatic N) is 3. The maximum atomic E-state index is 13.7. The first-order chi connectivity index (χ1) is 12.8. The van der Waals surface area contributed by atoms with Gasteiger partial charge in [0, 0.05) is 16.7 Å². The second kappa shape index (κ2) is 7.94. The SMILES string of the molecule is Fc1ccccc1Nc1nnc(SCc2csc(-c3ccccc3)n2)s1. The van der Waals surface area contributed by atoms with E-state index in [4.69, 9.17) is 0 Å². The largest absolute Gasteiger partial charge is 0.328 e. The van der Waals surface area contributed by atoms with Crippen molar-refractivity contribution in [3.05, 3.63) is 71.5 Å². The summed E-state index contributed by atoms with van der Waals surface area (Å²) in [6.07, 6.45) is 0. The second-order valence-corrected chi connectivity index (χ2v) is 8.33. The molecule has 0 atom stereocenters. The molecule has 8 heteroatoms. The third-order valence-corrected chi connectivity index (χ3v) is 6.38. The Morgan fingerprint density at radius 1 is 1.00 bits per heavy atom. The minimum Gasteiger partial charge on any atom is -0.328 e. The van der Waals surface area contributed by atoms with Gasteiger partial charge in [-0.3, -0.25) is 0 Å². The van der Waals surface area contributed by atoms with Crippen LogP contribution in [0.15, 0.2) is 64.3 Å². The number of thiazole rings is 1. The van der Waals surface area contributed by atoms with Crippen LogP contribution in [-0.2, 0) is 5.75 Å². The Balaban J connectivity index is 1.38. The zero-order chi connectivity index (χ0) is 17.8. The van der Waals surface area contributed by atoms with Crippen LogP contribution in [0.4, 0.5) is 15.2 Å². The van der Waals surface area contributed by atoms with Crippen molar-refractivity contribution in [1.29, 1.82) is 0 Å². The summed E-state index contributed by atoms with van der Waals surface area (Å²) in [7, 11) is 0. The van der Waals surface area contributed by atoms with Gasteiger partial charge in [0.05, 0.1) is 11.4 Å². The highest BCUT2D eigenvalue weighted by molar-refractivity contribution is 8.00. The fourth-order valence-corrected chi connectivity index (χ4v) is 4.81. The Kier molecular flexibility index (Phi) is 5.24. The summed E-state index contributed by atoms with van der Waals surface area (Å²) in [5.41, 5.74) is 2.53. The number of aromatic nitrogens is 3. The van der Waals surface area contributed by atoms with Gasteiger partial charge in [0.15, 0.2) is 4.34 Å². The van der Waals surface area contributed by atoms with E-state index in [1.54, 1.807) is 41.3 Å². The van der Waals surface area contributed by atoms with E-state index in [2.05, 4.69) is 38.0 Å². The standard InChI is InChI=1S/C18H13FN4S3/c19-14-8-4-5-9-15(14)21-17-22-23-18(26-17)25-11-13-10-24-16(20-13)12-6-2-1-3-7-12/h1-10H,11H2,(H,21,22). The summed E-state index contributed by atoms with van der Waals surface area (Å²) >= 11 is 4.61. The quantitative estimate of drug-likeness (QED) is 0.412. The monoisotopic (exact) mass is 400 g/mol. The van der Waals surface area contributed by atoms with E-state index < -0.39 is 0 Å². The van der Waals surface area contributed by atoms with Crippen LogP contribution in [0.3, 0.4) is 0 Å². The third-order valence-electron chi connectivity index (χ3n) is 3.44. The van der Waals surface area contributed by atoms with Gasteiger partial charge in [-0.1, -0.05) is 65.6 Å². The number of benzene rings is 2. The summed E-state index contributed by atoms with van der Waals surface area (Å²) in [5.74, 6) is 0.408. The Bertz CT molecular complexity index is 1000. The van der Waals surface area contributed by atoms with Crippen molar-refractivity contribution in [3.63, 3.8) is 0 Å². The van der Waals surface area contributed by atoms with E-state index >= 15 is 0 Å². The fraction of sp³-hybridized carbons (Fsp3) is 0.0556. The molecule has 130 valence electrons. The molecule has 0 spiro atoms. The molecule has 4 aromatic rings. The highest BCUT2D eigenvalue weighted by Gasteiger charge is 2.09. The van der Waals surface area contributed by atoms with Crippen LogP contribution in [0.1, 0.15) is 5.69 Å². The van der Waals surface area contributed by atoms with Crippen LogP contribution in [0.25, 0.3) is 10.6 Å². The van der Waals surface area contributed by atoms with E-state index in [0.717, 1.165) is 26.4 Å². The predicted molar refractivity (Wildman–Crippen MR) is 107 cm³/mol. The molecule has 0 unspecified atom stereocenters. The Morgan fingerprint density at radius 2 is 1.81 bits per heavy atom. The van der Waals surface area contributed by atoms with Gasteiger partial charge in [-0.25, -0.2) is 9.37 Å². The number of hydrogen-bond acceptors (Lipinski definition) is 7. The Hall–Kier alpha value is -2.29. The van der Waals surface area contributed by atoms with Gasteiger partial charge in [-0.15, -0.1) is 21.5 Å². The first-order valence-corrected chi connectivity index (χ1v) is 10.4. The molecule has 2 aromatic heterocycles. The number of para-hydroxylation sites is 1. The average Bonchev–Trinajstić information content (AvgIpc) is 3.32. The Labute approximate surface area is 162 Å². The maximum Gasteiger partial charge on any atom is 0.210 e. The fourth-order valence-electron chi connectivity index (χ4n) is 2.22. The first-order valence-electron chi connectivity index (χ1n) is 7.75. The lowest BCUT2D eigenvalue weighted by atomic mass is 10.2. The first kappa shape index (κ1) is 17.1. The topological polar surface area (TPSA) is 50.7 Å². The summed E-state index contributed by atoms with van der Waals surface area (Å²) in [6, 6.07) is 16.6. The molecule has 0 saturated carbocycles. The molecule has 0 fully saturated rings. The number of thioether (sulfide) groups is 1. The van der Waals surface area contributed by atoms with Crippen LogP contribution in [0, 0.1) is 5.82 Å². The summed E-state index contributed by atoms with van der Waals surface area (Å²) in [6.45, 7) is 0. The molecular formula is C18H13FN4S3. The van der Waals surface area contributed by atoms with Crippen LogP contribution < -0.4 is 5.32 Å². The molecule has 4 nitrogen and oxygen atoms in total. The second-order valence-electron chi connectivity index (χ2n) is 5.28. The van der Waals surface area contributed by atoms with Gasteiger partial charge in [-0.2, -0.15) is 0 Å². The molecule has 2 heterocycles. The number of halogens is 1. The van der Waals surface area contributed by atoms with Gasteiger partial charge in [0.2, 0.25) is 5.13 Å². The molecule has 0 amide bonds. The van der Waals surface area contributed by atoms with Crippen molar-refractivity contribution in [1.82, 2.24) is 15.2 Å². The van der Waals surface area contributed by atoms with E-state index in [1.807, 2.05) is 18.2 Å². The van der Waals surface area contributed by atoms with Gasteiger partial charge < -0.3 is 5.32 Å². The zero-order valence-electron chi connectivity index (χ0n) is 13.4. The highest BCUT2D eigenvalue weighted by Crippen LogP contribution is 2.32. The minimum absolute atomic E-state index is 0.312. The normalized spacial score (nSPS) is 10.8. The van der Waals surface area contributed by atoms with Crippen molar-refractivity contribution in [2.75, 3.05) is 5.32 Å². The van der Waals surface area contributed by atoms with Gasteiger partial charge in [0.1, 0.15) is 10.8 Å². The molecule has 4 rings (SSSR count). The van der Waals surface area contributed by atoms with Crippen LogP contribution in [0.2, 0.25) is 0 Å². The van der Waals surface area contributed by atoms with Crippen LogP contribution >= 0.6 is 34.4 Å². The highest BCUT2D eigenvalue weighted by atomic mass is 32.2. The van der Waals surface area contributed by atoms with Gasteiger partial charge >= 0.3 is 0 Å². The lowest BCUT2D eigenvalue weighted by molar-refractivity contribution is 0.632. The van der Waals surface area contributed by atoms with Crippen LogP contribution in [0.5, 0.6) is 0 Å². The van der Waals surface area contributed by atoms with Crippen molar-refractivity contribution >= 4 is 45.3 Å². The van der Waals surface area contributed by atoms with E-state index in [0.29, 0.717) is 10.8 Å². The Morgan fingerprint density at radius 3 is 2.65 bits per heavy atom. The molecular weight excluding hydrogens is 387 g/mol. The summed E-state index contributed by atoms with van der Waals surface area (Å²) in [4.78, 5) is 4.67. The molecule has 0 bridgehead atoms. The van der Waals surface area contributed by atoms with Gasteiger partial charge in [0.25, 0.3) is 0 Å². The lowest BCUT2D eigenvalue weighted by Crippen LogP contribution is -1.92. The molecule has 0 radical (unpaired) electrons. The molecule has 26 heavy (non-hydrogen) atoms. The van der Waals surface area contributed by atoms with Crippen molar-refractivity contribution in [2.24, 2.45) is 0 Å². The van der Waals surface area contributed by atoms with E-state index in [9.17, 15) is 4.39 Å². The number of rotatable bonds is 6. The van der Waals surface area contributed by atoms with Crippen molar-refractivity contribution < 1.29 is 4.39 Å². The van der Waals surface area contributed by atoms with Crippen LogP contribution in [-0.4, -0.2) is 15.2 Å². The van der Waals surface area contributed by atoms with E-state index in [-0.39, 0.29) is 5.82 Å². The van der Waals surface area contributed by atoms with Crippen molar-refractivity contribution in [3.8, 4) is 10.6 Å². The molecule has 0 aliphatic rings. The van der Waals surface area contributed by atoms with E-state index in [1.165, 1.54) is 17.4 Å². The summed E-state index contributed by atoms with van der Waals surface area (Å²) < 4.78 is 14.5. The summed E-state index contributed by atoms with van der Waals surface area (Å²) in [5, 5.41) is 14.8. The number of hydrogen-bond donors (Lipinski definition) is 1. The van der Waals surface area contributed by atoms with Crippen molar-refractivity contribution in [2.45, 2.75) is 10.1 Å². The molecule has 1 N–H and O–H groups in total. The zero-order valence-corrected chi connectivity index (χ0v) is 15.9. The lowest BCUT2D eigenvalue weighted by Gasteiger charge is -2.01. The maximum absolute atomic E-state index is 13.7. The molecule has 2 aromatic carbocycles. The number of anilines is 2. The predicted octanol–water partition coefficient (Wildman–Crippen LogP) is 5.84. The minimum atomic E-state index is -0.312. The molecule has 0 aliphatic heterocycles. The number of nitrogens with one attached hydrogen (secondary N) is 1. The molecule has 0 aliphatic carbocycles. The average molecular weight is 401 g/mol. The smallest absolute Gasteiger partial charge is 0.210 e. The third kappa shape index (κ3) is 4.09. The molecule has 0 saturated heterocycles. The van der Waals surface area contributed by atoms with Gasteiger partial charge in [-0.05, 0) is 12.1 Å².